The second kappa shape index (κ2) is 8.79. The van der Waals surface area contributed by atoms with E-state index in [1.165, 1.54) is 24.0 Å². The molecule has 142 valence electrons. The van der Waals surface area contributed by atoms with Gasteiger partial charge in [-0.25, -0.2) is 4.79 Å². The number of ether oxygens (including phenoxy) is 1. The second-order valence-corrected chi connectivity index (χ2v) is 6.11. The van der Waals surface area contributed by atoms with Gasteiger partial charge in [0.15, 0.2) is 6.10 Å². The molecule has 0 radical (unpaired) electrons. The van der Waals surface area contributed by atoms with Crippen molar-refractivity contribution in [3.05, 3.63) is 69.8 Å². The molecule has 0 spiro atoms. The summed E-state index contributed by atoms with van der Waals surface area (Å²) in [7, 11) is 3.10. The second-order valence-electron chi connectivity index (χ2n) is 6.11. The third-order valence-corrected chi connectivity index (χ3v) is 3.83. The number of hydrogen-bond acceptors (Lipinski definition) is 6. The van der Waals surface area contributed by atoms with Crippen LogP contribution < -0.4 is 5.32 Å². The van der Waals surface area contributed by atoms with Crippen LogP contribution in [0.2, 0.25) is 0 Å². The summed E-state index contributed by atoms with van der Waals surface area (Å²) in [6.07, 6.45) is -1.01. The first-order chi connectivity index (χ1) is 12.8. The summed E-state index contributed by atoms with van der Waals surface area (Å²) in [5, 5.41) is 14.1. The van der Waals surface area contributed by atoms with E-state index in [2.05, 4.69) is 5.32 Å². The van der Waals surface area contributed by atoms with E-state index < -0.39 is 17.0 Å². The van der Waals surface area contributed by atoms with Gasteiger partial charge >= 0.3 is 5.97 Å². The standard InChI is InChI=1S/C19H21N3O5/c1-13(18(23)21(2)3)27-19(24)16-11-15(22(25)26)9-10-17(16)20-12-14-7-5-4-6-8-14/h4-11,13,20H,12H2,1-3H3/t13-/m0/s1. The largest absolute Gasteiger partial charge is 0.449 e. The fraction of sp³-hybridized carbons (Fsp3) is 0.263. The highest BCUT2D eigenvalue weighted by molar-refractivity contribution is 5.98. The van der Waals surface area contributed by atoms with Gasteiger partial charge in [0, 0.05) is 38.5 Å². The summed E-state index contributed by atoms with van der Waals surface area (Å²) in [6, 6.07) is 13.4. The molecule has 0 aliphatic carbocycles. The minimum atomic E-state index is -1.01. The molecule has 0 aliphatic heterocycles. The van der Waals surface area contributed by atoms with Gasteiger partial charge in [0.05, 0.1) is 10.5 Å². The third-order valence-electron chi connectivity index (χ3n) is 3.83. The van der Waals surface area contributed by atoms with E-state index in [9.17, 15) is 19.7 Å². The summed E-state index contributed by atoms with van der Waals surface area (Å²) in [6.45, 7) is 1.87. The predicted octanol–water partition coefficient (Wildman–Crippen LogP) is 2.84. The van der Waals surface area contributed by atoms with Crippen LogP contribution in [0, 0.1) is 10.1 Å². The molecular weight excluding hydrogens is 350 g/mol. The Morgan fingerprint density at radius 1 is 1.19 bits per heavy atom. The van der Waals surface area contributed by atoms with Gasteiger partial charge in [-0.1, -0.05) is 30.3 Å². The minimum Gasteiger partial charge on any atom is -0.449 e. The maximum absolute atomic E-state index is 12.5. The van der Waals surface area contributed by atoms with Gasteiger partial charge in [-0.05, 0) is 18.6 Å². The fourth-order valence-corrected chi connectivity index (χ4v) is 2.40. The molecule has 27 heavy (non-hydrogen) atoms. The summed E-state index contributed by atoms with van der Waals surface area (Å²) in [4.78, 5) is 36.2. The minimum absolute atomic E-state index is 0.00135. The zero-order valence-electron chi connectivity index (χ0n) is 15.3. The lowest BCUT2D eigenvalue weighted by Gasteiger charge is -2.18. The molecule has 1 amide bonds. The molecule has 2 rings (SSSR count). The van der Waals surface area contributed by atoms with E-state index in [-0.39, 0.29) is 17.2 Å². The molecule has 0 aromatic heterocycles. The van der Waals surface area contributed by atoms with Crippen LogP contribution in [0.15, 0.2) is 48.5 Å². The number of esters is 1. The quantitative estimate of drug-likeness (QED) is 0.456. The number of nitro benzene ring substituents is 1. The summed E-state index contributed by atoms with van der Waals surface area (Å²) >= 11 is 0. The zero-order valence-corrected chi connectivity index (χ0v) is 15.3. The Labute approximate surface area is 156 Å². The van der Waals surface area contributed by atoms with Crippen LogP contribution in [-0.2, 0) is 16.1 Å². The van der Waals surface area contributed by atoms with E-state index in [1.807, 2.05) is 30.3 Å². The molecular formula is C19H21N3O5. The topological polar surface area (TPSA) is 102 Å². The Kier molecular flexibility index (Phi) is 6.48. The van der Waals surface area contributed by atoms with Gasteiger partial charge in [-0.15, -0.1) is 0 Å². The van der Waals surface area contributed by atoms with E-state index >= 15 is 0 Å². The van der Waals surface area contributed by atoms with Crippen molar-refractivity contribution >= 4 is 23.3 Å². The van der Waals surface area contributed by atoms with Gasteiger partial charge < -0.3 is 15.0 Å². The smallest absolute Gasteiger partial charge is 0.341 e. The van der Waals surface area contributed by atoms with Crippen molar-refractivity contribution in [1.82, 2.24) is 4.90 Å². The van der Waals surface area contributed by atoms with Crippen LogP contribution >= 0.6 is 0 Å². The highest BCUT2D eigenvalue weighted by Crippen LogP contribution is 2.24. The van der Waals surface area contributed by atoms with E-state index in [0.717, 1.165) is 11.6 Å². The van der Waals surface area contributed by atoms with Gasteiger partial charge in [-0.2, -0.15) is 0 Å². The number of likely N-dealkylation sites (N-methyl/N-ethyl adjacent to an activating group) is 1. The lowest BCUT2D eigenvalue weighted by Crippen LogP contribution is -2.35. The number of nitrogens with one attached hydrogen (secondary N) is 1. The summed E-state index contributed by atoms with van der Waals surface area (Å²) in [5.41, 5.74) is 1.13. The van der Waals surface area contributed by atoms with E-state index in [4.69, 9.17) is 4.74 Å². The zero-order chi connectivity index (χ0) is 20.0. The Morgan fingerprint density at radius 2 is 1.85 bits per heavy atom. The van der Waals surface area contributed by atoms with Crippen molar-refractivity contribution in [2.75, 3.05) is 19.4 Å². The maximum Gasteiger partial charge on any atom is 0.341 e. The number of non-ortho nitro benzene ring substituents is 1. The van der Waals surface area contributed by atoms with Crippen LogP contribution in [0.3, 0.4) is 0 Å². The lowest BCUT2D eigenvalue weighted by molar-refractivity contribution is -0.384. The van der Waals surface area contributed by atoms with Crippen molar-refractivity contribution < 1.29 is 19.2 Å². The first-order valence-electron chi connectivity index (χ1n) is 8.28. The maximum atomic E-state index is 12.5. The Balaban J connectivity index is 2.25. The molecule has 0 heterocycles. The summed E-state index contributed by atoms with van der Waals surface area (Å²) in [5.74, 6) is -1.19. The molecule has 0 saturated carbocycles. The van der Waals surface area contributed by atoms with Crippen LogP contribution in [0.5, 0.6) is 0 Å². The number of benzene rings is 2. The number of nitrogens with zero attached hydrogens (tertiary/aromatic N) is 2. The van der Waals surface area contributed by atoms with Crippen molar-refractivity contribution in [3.8, 4) is 0 Å². The molecule has 1 atom stereocenters. The van der Waals surface area contributed by atoms with Crippen LogP contribution in [0.25, 0.3) is 0 Å². The van der Waals surface area contributed by atoms with Gasteiger partial charge in [-0.3, -0.25) is 14.9 Å². The average molecular weight is 371 g/mol. The first-order valence-corrected chi connectivity index (χ1v) is 8.28. The van der Waals surface area contributed by atoms with Crippen molar-refractivity contribution in [3.63, 3.8) is 0 Å². The molecule has 2 aromatic carbocycles. The SMILES string of the molecule is C[C@H](OC(=O)c1cc([N+](=O)[O-])ccc1NCc1ccccc1)C(=O)N(C)C. The molecule has 8 heteroatoms. The van der Waals surface area contributed by atoms with Crippen LogP contribution in [0.1, 0.15) is 22.8 Å². The van der Waals surface area contributed by atoms with Crippen molar-refractivity contribution in [2.24, 2.45) is 0 Å². The van der Waals surface area contributed by atoms with Crippen LogP contribution in [-0.4, -0.2) is 41.9 Å². The number of rotatable bonds is 7. The number of carbonyl (C=O) groups is 2. The number of amides is 1. The molecule has 8 nitrogen and oxygen atoms in total. The van der Waals surface area contributed by atoms with Crippen molar-refractivity contribution in [1.29, 1.82) is 0 Å². The molecule has 0 bridgehead atoms. The number of hydrogen-bond donors (Lipinski definition) is 1. The molecule has 1 N–H and O–H groups in total. The molecule has 0 fully saturated rings. The number of anilines is 1. The van der Waals surface area contributed by atoms with E-state index in [1.54, 1.807) is 14.1 Å². The van der Waals surface area contributed by atoms with Gasteiger partial charge in [0.1, 0.15) is 0 Å². The first kappa shape index (κ1) is 19.9. The predicted molar refractivity (Wildman–Crippen MR) is 100 cm³/mol. The Bertz CT molecular complexity index is 836. The number of carbonyl (C=O) groups excluding carboxylic acids is 2. The normalized spacial score (nSPS) is 11.4. The average Bonchev–Trinajstić information content (AvgIpc) is 2.66. The summed E-state index contributed by atoms with van der Waals surface area (Å²) < 4.78 is 5.19. The Hall–Kier alpha value is -3.42. The monoisotopic (exact) mass is 371 g/mol. The highest BCUT2D eigenvalue weighted by atomic mass is 16.6. The highest BCUT2D eigenvalue weighted by Gasteiger charge is 2.24. The molecule has 0 saturated heterocycles. The molecule has 0 unspecified atom stereocenters. The van der Waals surface area contributed by atoms with Crippen LogP contribution in [0.4, 0.5) is 11.4 Å². The lowest BCUT2D eigenvalue weighted by atomic mass is 10.1. The molecule has 2 aromatic rings. The number of nitro groups is 1. The van der Waals surface area contributed by atoms with E-state index in [0.29, 0.717) is 12.2 Å². The third kappa shape index (κ3) is 5.27. The van der Waals surface area contributed by atoms with Gasteiger partial charge in [0.2, 0.25) is 0 Å². The Morgan fingerprint density at radius 3 is 2.44 bits per heavy atom. The molecule has 0 aliphatic rings. The fourth-order valence-electron chi connectivity index (χ4n) is 2.40. The van der Waals surface area contributed by atoms with Crippen molar-refractivity contribution in [2.45, 2.75) is 19.6 Å². The van der Waals surface area contributed by atoms with Gasteiger partial charge in [0.25, 0.3) is 11.6 Å².